The summed E-state index contributed by atoms with van der Waals surface area (Å²) in [5.74, 6) is 0.157. The maximum atomic E-state index is 12.4. The number of carboxylic acid groups (broad SMARTS) is 1. The van der Waals surface area contributed by atoms with Gasteiger partial charge in [-0.25, -0.2) is 0 Å². The van der Waals surface area contributed by atoms with Gasteiger partial charge in [-0.15, -0.1) is 0 Å². The van der Waals surface area contributed by atoms with Crippen LogP contribution in [0.1, 0.15) is 39.5 Å². The predicted octanol–water partition coefficient (Wildman–Crippen LogP) is 1.40. The Hall–Kier alpha value is -0.660. The van der Waals surface area contributed by atoms with Crippen LogP contribution in [0.3, 0.4) is 0 Å². The lowest BCUT2D eigenvalue weighted by molar-refractivity contribution is -0.137. The fourth-order valence-electron chi connectivity index (χ4n) is 2.56. The highest BCUT2D eigenvalue weighted by Gasteiger charge is 2.30. The first-order chi connectivity index (χ1) is 9.25. The zero-order valence-electron chi connectivity index (χ0n) is 12.6. The van der Waals surface area contributed by atoms with Crippen LogP contribution in [-0.4, -0.2) is 54.8 Å². The molecule has 0 bridgehead atoms. The molecule has 1 fully saturated rings. The van der Waals surface area contributed by atoms with Crippen LogP contribution in [-0.2, 0) is 15.0 Å². The van der Waals surface area contributed by atoms with Crippen molar-refractivity contribution in [3.8, 4) is 0 Å². The van der Waals surface area contributed by atoms with Crippen LogP contribution >= 0.6 is 0 Å². The molecular weight excluding hydrogens is 280 g/mol. The molecule has 0 aromatic rings. The lowest BCUT2D eigenvalue weighted by atomic mass is 9.89. The average molecular weight is 306 g/mol. The molecule has 20 heavy (non-hydrogen) atoms. The van der Waals surface area contributed by atoms with E-state index in [0.29, 0.717) is 24.9 Å². The minimum Gasteiger partial charge on any atom is -0.481 e. The van der Waals surface area contributed by atoms with Gasteiger partial charge in [-0.2, -0.15) is 17.0 Å². The van der Waals surface area contributed by atoms with E-state index in [0.717, 1.165) is 23.6 Å². The summed E-state index contributed by atoms with van der Waals surface area (Å²) in [7, 11) is -2.08. The van der Waals surface area contributed by atoms with E-state index >= 15 is 0 Å². The van der Waals surface area contributed by atoms with Crippen LogP contribution in [0.5, 0.6) is 0 Å². The van der Waals surface area contributed by atoms with E-state index in [4.69, 9.17) is 5.11 Å². The van der Waals surface area contributed by atoms with Crippen LogP contribution in [0.2, 0.25) is 0 Å². The van der Waals surface area contributed by atoms with Crippen molar-refractivity contribution in [2.75, 3.05) is 26.7 Å². The number of nitrogens with zero attached hydrogens (tertiary/aromatic N) is 2. The third kappa shape index (κ3) is 4.71. The molecule has 0 aliphatic carbocycles. The Labute approximate surface area is 121 Å². The molecule has 1 aliphatic heterocycles. The molecule has 118 valence electrons. The summed E-state index contributed by atoms with van der Waals surface area (Å²) in [4.78, 5) is 10.5. The van der Waals surface area contributed by atoms with E-state index in [-0.39, 0.29) is 13.0 Å². The van der Waals surface area contributed by atoms with E-state index in [2.05, 4.69) is 13.8 Å². The quantitative estimate of drug-likeness (QED) is 0.804. The molecule has 1 saturated heterocycles. The van der Waals surface area contributed by atoms with E-state index in [9.17, 15) is 13.2 Å². The Bertz CT molecular complexity index is 422. The van der Waals surface area contributed by atoms with Crippen molar-refractivity contribution < 1.29 is 18.3 Å². The molecule has 0 saturated carbocycles. The van der Waals surface area contributed by atoms with Gasteiger partial charge < -0.3 is 5.11 Å². The van der Waals surface area contributed by atoms with Gasteiger partial charge in [0.15, 0.2) is 0 Å². The Morgan fingerprint density at radius 1 is 1.35 bits per heavy atom. The normalized spacial score (nSPS) is 22.1. The van der Waals surface area contributed by atoms with Crippen molar-refractivity contribution in [3.63, 3.8) is 0 Å². The first-order valence-electron chi connectivity index (χ1n) is 7.18. The number of hydrogen-bond donors (Lipinski definition) is 1. The van der Waals surface area contributed by atoms with Gasteiger partial charge in [-0.3, -0.25) is 4.79 Å². The molecule has 6 nitrogen and oxygen atoms in total. The molecule has 0 radical (unpaired) electrons. The second kappa shape index (κ2) is 7.38. The first-order valence-corrected chi connectivity index (χ1v) is 8.58. The van der Waals surface area contributed by atoms with Crippen LogP contribution in [0.15, 0.2) is 0 Å². The van der Waals surface area contributed by atoms with Crippen LogP contribution in [0, 0.1) is 11.8 Å². The van der Waals surface area contributed by atoms with Crippen molar-refractivity contribution in [3.05, 3.63) is 0 Å². The molecular formula is C13H26N2O4S. The number of rotatable bonds is 6. The van der Waals surface area contributed by atoms with Crippen molar-refractivity contribution in [2.24, 2.45) is 11.8 Å². The molecule has 0 aromatic carbocycles. The Morgan fingerprint density at radius 3 is 2.55 bits per heavy atom. The van der Waals surface area contributed by atoms with Gasteiger partial charge >= 0.3 is 5.97 Å². The summed E-state index contributed by atoms with van der Waals surface area (Å²) in [6.45, 7) is 5.43. The first kappa shape index (κ1) is 17.4. The van der Waals surface area contributed by atoms with Crippen LogP contribution in [0.25, 0.3) is 0 Å². The second-order valence-corrected chi connectivity index (χ2v) is 7.84. The second-order valence-electron chi connectivity index (χ2n) is 5.81. The summed E-state index contributed by atoms with van der Waals surface area (Å²) >= 11 is 0. The number of carbonyl (C=O) groups is 1. The minimum absolute atomic E-state index is 0.0157. The van der Waals surface area contributed by atoms with E-state index in [1.54, 1.807) is 0 Å². The molecule has 1 rings (SSSR count). The standard InChI is InChI=1S/C13H26N2O4S/c1-11(2)12-5-4-8-15(10-6-12)20(18,19)14(3)9-7-13(16)17/h11-12H,4-10H2,1-3H3,(H,16,17). The summed E-state index contributed by atoms with van der Waals surface area (Å²) in [5.41, 5.74) is 0. The average Bonchev–Trinajstić information content (AvgIpc) is 2.61. The molecule has 0 amide bonds. The summed E-state index contributed by atoms with van der Waals surface area (Å²) in [6, 6.07) is 0. The molecule has 1 atom stereocenters. The van der Waals surface area contributed by atoms with Crippen molar-refractivity contribution in [1.29, 1.82) is 0 Å². The highest BCUT2D eigenvalue weighted by Crippen LogP contribution is 2.26. The maximum Gasteiger partial charge on any atom is 0.304 e. The smallest absolute Gasteiger partial charge is 0.304 e. The molecule has 1 unspecified atom stereocenters. The minimum atomic E-state index is -3.53. The predicted molar refractivity (Wildman–Crippen MR) is 77.6 cm³/mol. The molecule has 1 aliphatic rings. The Kier molecular flexibility index (Phi) is 6.42. The van der Waals surface area contributed by atoms with E-state index in [1.807, 2.05) is 0 Å². The van der Waals surface area contributed by atoms with Gasteiger partial charge in [-0.1, -0.05) is 13.8 Å². The van der Waals surface area contributed by atoms with Gasteiger partial charge in [0.05, 0.1) is 6.42 Å². The summed E-state index contributed by atoms with van der Waals surface area (Å²) in [5, 5.41) is 8.64. The SMILES string of the molecule is CC(C)C1CCCN(S(=O)(=O)N(C)CCC(=O)O)CC1. The molecule has 0 aromatic heterocycles. The van der Waals surface area contributed by atoms with Gasteiger partial charge in [0, 0.05) is 26.7 Å². The summed E-state index contributed by atoms with van der Waals surface area (Å²) in [6.07, 6.45) is 2.64. The lowest BCUT2D eigenvalue weighted by Crippen LogP contribution is -2.43. The van der Waals surface area contributed by atoms with E-state index in [1.165, 1.54) is 11.4 Å². The molecule has 1 N–H and O–H groups in total. The highest BCUT2D eigenvalue weighted by atomic mass is 32.2. The Morgan fingerprint density at radius 2 is 2.00 bits per heavy atom. The monoisotopic (exact) mass is 306 g/mol. The Balaban J connectivity index is 2.65. The highest BCUT2D eigenvalue weighted by molar-refractivity contribution is 7.86. The number of aliphatic carboxylic acids is 1. The van der Waals surface area contributed by atoms with Crippen molar-refractivity contribution in [2.45, 2.75) is 39.5 Å². The zero-order chi connectivity index (χ0) is 15.3. The van der Waals surface area contributed by atoms with Gasteiger partial charge in [0.25, 0.3) is 10.2 Å². The fourth-order valence-corrected chi connectivity index (χ4v) is 3.97. The van der Waals surface area contributed by atoms with E-state index < -0.39 is 16.2 Å². The molecule has 0 spiro atoms. The lowest BCUT2D eigenvalue weighted by Gasteiger charge is -2.26. The van der Waals surface area contributed by atoms with Crippen molar-refractivity contribution in [1.82, 2.24) is 8.61 Å². The summed E-state index contributed by atoms with van der Waals surface area (Å²) < 4.78 is 27.4. The third-order valence-corrected chi connectivity index (χ3v) is 6.02. The third-order valence-electron chi connectivity index (χ3n) is 4.04. The number of carboxylic acids is 1. The van der Waals surface area contributed by atoms with Gasteiger partial charge in [0.2, 0.25) is 0 Å². The van der Waals surface area contributed by atoms with Crippen LogP contribution < -0.4 is 0 Å². The fraction of sp³-hybridized carbons (Fsp3) is 0.923. The number of hydrogen-bond acceptors (Lipinski definition) is 3. The topological polar surface area (TPSA) is 77.9 Å². The van der Waals surface area contributed by atoms with Crippen LogP contribution in [0.4, 0.5) is 0 Å². The van der Waals surface area contributed by atoms with Crippen molar-refractivity contribution >= 4 is 16.2 Å². The molecule has 1 heterocycles. The van der Waals surface area contributed by atoms with Gasteiger partial charge in [0.1, 0.15) is 0 Å². The molecule has 7 heteroatoms. The largest absolute Gasteiger partial charge is 0.481 e. The zero-order valence-corrected chi connectivity index (χ0v) is 13.4. The van der Waals surface area contributed by atoms with Gasteiger partial charge in [-0.05, 0) is 31.1 Å². The maximum absolute atomic E-state index is 12.4.